The number of phenolic OH excluding ortho intramolecular Hbond substituents is 1. The zero-order chi connectivity index (χ0) is 12.3. The first-order valence-electron chi connectivity index (χ1n) is 5.77. The van der Waals surface area contributed by atoms with Crippen molar-refractivity contribution in [1.82, 2.24) is 0 Å². The Morgan fingerprint density at radius 3 is 2.06 bits per heavy atom. The van der Waals surface area contributed by atoms with Gasteiger partial charge in [-0.2, -0.15) is 0 Å². The summed E-state index contributed by atoms with van der Waals surface area (Å²) in [4.78, 5) is 0. The van der Waals surface area contributed by atoms with Crippen molar-refractivity contribution < 1.29 is 5.11 Å². The lowest BCUT2D eigenvalue weighted by molar-refractivity contribution is 0.477. The number of anilines is 2. The summed E-state index contributed by atoms with van der Waals surface area (Å²) >= 11 is 0. The van der Waals surface area contributed by atoms with E-state index in [4.69, 9.17) is 0 Å². The Labute approximate surface area is 97.9 Å². The number of hydrogen-bond acceptors (Lipinski definition) is 3. The van der Waals surface area contributed by atoms with E-state index in [1.807, 2.05) is 19.1 Å². The molecule has 0 bridgehead atoms. The van der Waals surface area contributed by atoms with E-state index in [2.05, 4.69) is 38.3 Å². The van der Waals surface area contributed by atoms with E-state index < -0.39 is 0 Å². The van der Waals surface area contributed by atoms with E-state index in [1.165, 1.54) is 0 Å². The maximum absolute atomic E-state index is 10.1. The number of benzene rings is 1. The molecule has 0 amide bonds. The minimum Gasteiger partial charge on any atom is -0.504 e. The van der Waals surface area contributed by atoms with Crippen LogP contribution in [0.4, 0.5) is 11.4 Å². The average molecular weight is 222 g/mol. The van der Waals surface area contributed by atoms with E-state index in [0.717, 1.165) is 16.9 Å². The maximum Gasteiger partial charge on any atom is 0.162 e. The summed E-state index contributed by atoms with van der Waals surface area (Å²) in [6.45, 7) is 10.2. The molecule has 90 valence electrons. The predicted molar refractivity (Wildman–Crippen MR) is 70.4 cm³/mol. The third-order valence-electron chi connectivity index (χ3n) is 2.26. The van der Waals surface area contributed by atoms with Gasteiger partial charge in [-0.15, -0.1) is 0 Å². The summed E-state index contributed by atoms with van der Waals surface area (Å²) in [7, 11) is 0. The second-order valence-corrected chi connectivity index (χ2v) is 4.75. The molecule has 3 nitrogen and oxygen atoms in total. The smallest absolute Gasteiger partial charge is 0.162 e. The minimum absolute atomic E-state index is 0.305. The van der Waals surface area contributed by atoms with Gasteiger partial charge in [0.2, 0.25) is 0 Å². The number of rotatable bonds is 4. The molecule has 1 aromatic carbocycles. The van der Waals surface area contributed by atoms with Crippen LogP contribution < -0.4 is 10.6 Å². The van der Waals surface area contributed by atoms with Gasteiger partial charge in [0.05, 0.1) is 11.4 Å². The number of aromatic hydroxyl groups is 1. The van der Waals surface area contributed by atoms with Crippen LogP contribution in [0.1, 0.15) is 33.3 Å². The zero-order valence-corrected chi connectivity index (χ0v) is 10.8. The first-order chi connectivity index (χ1) is 7.41. The lowest BCUT2D eigenvalue weighted by atomic mass is 10.1. The van der Waals surface area contributed by atoms with E-state index in [9.17, 15) is 5.11 Å². The van der Waals surface area contributed by atoms with Crippen molar-refractivity contribution in [3.05, 3.63) is 17.7 Å². The van der Waals surface area contributed by atoms with Crippen molar-refractivity contribution in [2.24, 2.45) is 0 Å². The van der Waals surface area contributed by atoms with Crippen LogP contribution in [0, 0.1) is 6.92 Å². The molecule has 0 aliphatic rings. The van der Waals surface area contributed by atoms with Gasteiger partial charge < -0.3 is 15.7 Å². The fraction of sp³-hybridized carbons (Fsp3) is 0.538. The lowest BCUT2D eigenvalue weighted by Gasteiger charge is -2.19. The molecular weight excluding hydrogens is 200 g/mol. The highest BCUT2D eigenvalue weighted by atomic mass is 16.3. The molecule has 0 saturated carbocycles. The molecule has 0 unspecified atom stereocenters. The van der Waals surface area contributed by atoms with Crippen molar-refractivity contribution in [3.63, 3.8) is 0 Å². The SMILES string of the molecule is Cc1ccc(NC(C)C)c(O)c1NC(C)C. The summed E-state index contributed by atoms with van der Waals surface area (Å²) in [6, 6.07) is 4.53. The van der Waals surface area contributed by atoms with Crippen LogP contribution in [0.25, 0.3) is 0 Å². The lowest BCUT2D eigenvalue weighted by Crippen LogP contribution is -2.13. The quantitative estimate of drug-likeness (QED) is 0.685. The fourth-order valence-electron chi connectivity index (χ4n) is 1.59. The fourth-order valence-corrected chi connectivity index (χ4v) is 1.59. The van der Waals surface area contributed by atoms with Crippen LogP contribution in [0.5, 0.6) is 5.75 Å². The second kappa shape index (κ2) is 5.10. The maximum atomic E-state index is 10.1. The summed E-state index contributed by atoms with van der Waals surface area (Å²) in [5.41, 5.74) is 2.66. The molecule has 1 aromatic rings. The highest BCUT2D eigenvalue weighted by Gasteiger charge is 2.11. The summed E-state index contributed by atoms with van der Waals surface area (Å²) in [5, 5.41) is 16.6. The van der Waals surface area contributed by atoms with Crippen molar-refractivity contribution in [2.45, 2.75) is 46.7 Å². The number of hydrogen-bond donors (Lipinski definition) is 3. The first kappa shape index (κ1) is 12.7. The molecule has 0 aliphatic heterocycles. The van der Waals surface area contributed by atoms with Gasteiger partial charge in [-0.3, -0.25) is 0 Å². The van der Waals surface area contributed by atoms with E-state index in [0.29, 0.717) is 17.8 Å². The van der Waals surface area contributed by atoms with Crippen LogP contribution in [0.3, 0.4) is 0 Å². The normalized spacial score (nSPS) is 10.9. The van der Waals surface area contributed by atoms with Crippen LogP contribution in [0.2, 0.25) is 0 Å². The van der Waals surface area contributed by atoms with Crippen LogP contribution >= 0.6 is 0 Å². The standard InChI is InChI=1S/C13H22N2O/c1-8(2)14-11-7-6-10(5)12(13(11)16)15-9(3)4/h6-9,14-16H,1-5H3. The van der Waals surface area contributed by atoms with Crippen molar-refractivity contribution in [2.75, 3.05) is 10.6 Å². The number of aryl methyl sites for hydroxylation is 1. The third kappa shape index (κ3) is 3.05. The summed E-state index contributed by atoms with van der Waals surface area (Å²) < 4.78 is 0. The molecule has 0 fully saturated rings. The van der Waals surface area contributed by atoms with Crippen LogP contribution in [-0.4, -0.2) is 17.2 Å². The second-order valence-electron chi connectivity index (χ2n) is 4.75. The molecule has 16 heavy (non-hydrogen) atoms. The monoisotopic (exact) mass is 222 g/mol. The number of phenols is 1. The molecule has 0 aliphatic carbocycles. The predicted octanol–water partition coefficient (Wildman–Crippen LogP) is 3.34. The molecule has 0 radical (unpaired) electrons. The van der Waals surface area contributed by atoms with Gasteiger partial charge in [-0.25, -0.2) is 0 Å². The average Bonchev–Trinajstić information content (AvgIpc) is 2.16. The van der Waals surface area contributed by atoms with E-state index in [-0.39, 0.29) is 0 Å². The Bertz CT molecular complexity index is 359. The Morgan fingerprint density at radius 2 is 1.56 bits per heavy atom. The third-order valence-corrected chi connectivity index (χ3v) is 2.26. The molecule has 0 atom stereocenters. The van der Waals surface area contributed by atoms with Gasteiger partial charge in [0.15, 0.2) is 5.75 Å². The molecule has 0 aromatic heterocycles. The van der Waals surface area contributed by atoms with Gasteiger partial charge in [0, 0.05) is 12.1 Å². The van der Waals surface area contributed by atoms with E-state index >= 15 is 0 Å². The number of nitrogens with one attached hydrogen (secondary N) is 2. The zero-order valence-electron chi connectivity index (χ0n) is 10.8. The largest absolute Gasteiger partial charge is 0.504 e. The highest BCUT2D eigenvalue weighted by molar-refractivity contribution is 5.73. The molecule has 0 spiro atoms. The summed E-state index contributed by atoms with van der Waals surface area (Å²) in [5.74, 6) is 0.308. The van der Waals surface area contributed by atoms with Gasteiger partial charge in [-0.1, -0.05) is 6.07 Å². The minimum atomic E-state index is 0.305. The molecule has 3 N–H and O–H groups in total. The molecule has 0 saturated heterocycles. The van der Waals surface area contributed by atoms with Gasteiger partial charge in [-0.05, 0) is 46.2 Å². The first-order valence-corrected chi connectivity index (χ1v) is 5.77. The topological polar surface area (TPSA) is 44.3 Å². The molecule has 0 heterocycles. The Balaban J connectivity index is 3.06. The van der Waals surface area contributed by atoms with Gasteiger partial charge in [0.25, 0.3) is 0 Å². The van der Waals surface area contributed by atoms with Crippen molar-refractivity contribution in [3.8, 4) is 5.75 Å². The van der Waals surface area contributed by atoms with Crippen LogP contribution in [0.15, 0.2) is 12.1 Å². The van der Waals surface area contributed by atoms with E-state index in [1.54, 1.807) is 0 Å². The Hall–Kier alpha value is -1.38. The van der Waals surface area contributed by atoms with Gasteiger partial charge >= 0.3 is 0 Å². The Kier molecular flexibility index (Phi) is 4.05. The molecular formula is C13H22N2O. The Morgan fingerprint density at radius 1 is 1.00 bits per heavy atom. The molecule has 3 heteroatoms. The van der Waals surface area contributed by atoms with Crippen molar-refractivity contribution in [1.29, 1.82) is 0 Å². The highest BCUT2D eigenvalue weighted by Crippen LogP contribution is 2.35. The van der Waals surface area contributed by atoms with Crippen LogP contribution in [-0.2, 0) is 0 Å². The summed E-state index contributed by atoms with van der Waals surface area (Å²) in [6.07, 6.45) is 0. The van der Waals surface area contributed by atoms with Crippen molar-refractivity contribution >= 4 is 11.4 Å². The molecule has 1 rings (SSSR count). The van der Waals surface area contributed by atoms with Gasteiger partial charge in [0.1, 0.15) is 0 Å².